The molecule has 1 saturated carbocycles. The lowest BCUT2D eigenvalue weighted by atomic mass is 9.92. The van der Waals surface area contributed by atoms with Gasteiger partial charge in [0.1, 0.15) is 0 Å². The van der Waals surface area contributed by atoms with Crippen LogP contribution in [0.15, 0.2) is 21.1 Å². The van der Waals surface area contributed by atoms with Crippen LogP contribution in [0.1, 0.15) is 31.2 Å². The van der Waals surface area contributed by atoms with Crippen LogP contribution in [0, 0.1) is 0 Å². The van der Waals surface area contributed by atoms with Gasteiger partial charge in [-0.3, -0.25) is 0 Å². The van der Waals surface area contributed by atoms with Crippen LogP contribution in [0.5, 0.6) is 0 Å². The van der Waals surface area contributed by atoms with E-state index >= 15 is 0 Å². The van der Waals surface area contributed by atoms with Crippen molar-refractivity contribution in [2.24, 2.45) is 0 Å². The number of hydrogen-bond donors (Lipinski definition) is 3. The Morgan fingerprint density at radius 2 is 2.00 bits per heavy atom. The van der Waals surface area contributed by atoms with Crippen molar-refractivity contribution < 1.29 is 5.11 Å². The molecule has 0 aromatic heterocycles. The van der Waals surface area contributed by atoms with E-state index < -0.39 is 0 Å². The second-order valence-corrected chi connectivity index (χ2v) is 6.42. The minimum Gasteiger partial charge on any atom is -0.397 e. The minimum absolute atomic E-state index is 0.204. The fraction of sp³-hybridized carbons (Fsp3) is 0.538. The third-order valence-electron chi connectivity index (χ3n) is 3.49. The topological polar surface area (TPSA) is 58.3 Å². The fourth-order valence-electron chi connectivity index (χ4n) is 2.34. The summed E-state index contributed by atoms with van der Waals surface area (Å²) in [6, 6.07) is 4.19. The lowest BCUT2D eigenvalue weighted by molar-refractivity contribution is 0.0902. The van der Waals surface area contributed by atoms with E-state index in [-0.39, 0.29) is 12.1 Å². The minimum atomic E-state index is -0.217. The highest BCUT2D eigenvalue weighted by Crippen LogP contribution is 2.31. The van der Waals surface area contributed by atoms with Gasteiger partial charge in [-0.25, -0.2) is 0 Å². The zero-order chi connectivity index (χ0) is 13.1. The maximum absolute atomic E-state index is 9.91. The van der Waals surface area contributed by atoms with Crippen molar-refractivity contribution in [2.45, 2.75) is 44.4 Å². The molecular weight excluding hydrogens is 360 g/mol. The summed E-state index contributed by atoms with van der Waals surface area (Å²) in [6.07, 6.45) is 4.06. The number of aliphatic hydroxyl groups excluding tert-OH is 1. The van der Waals surface area contributed by atoms with E-state index in [1.165, 1.54) is 6.42 Å². The van der Waals surface area contributed by atoms with Crippen LogP contribution >= 0.6 is 31.9 Å². The first-order valence-electron chi connectivity index (χ1n) is 6.23. The van der Waals surface area contributed by atoms with Gasteiger partial charge in [-0.15, -0.1) is 0 Å². The molecular formula is C13H18Br2N2O. The molecule has 0 saturated heterocycles. The Labute approximate surface area is 124 Å². The van der Waals surface area contributed by atoms with Crippen molar-refractivity contribution >= 4 is 37.5 Å². The standard InChI is InChI=1S/C13H18Br2N2O/c14-9-6-5-8(12(15)13(9)16)7-17-10-3-1-2-4-11(10)18/h5-6,10-11,17-18H,1-4,7,16H2. The highest BCUT2D eigenvalue weighted by Gasteiger charge is 2.22. The Kier molecular flexibility index (Phi) is 5.06. The van der Waals surface area contributed by atoms with Gasteiger partial charge in [-0.05, 0) is 56.3 Å². The summed E-state index contributed by atoms with van der Waals surface area (Å²) in [5, 5.41) is 13.3. The molecule has 0 spiro atoms. The van der Waals surface area contributed by atoms with Crippen LogP contribution in [0.25, 0.3) is 0 Å². The molecule has 1 aromatic rings. The second kappa shape index (κ2) is 6.37. The Morgan fingerprint density at radius 1 is 1.28 bits per heavy atom. The number of hydrogen-bond acceptors (Lipinski definition) is 3. The Balaban J connectivity index is 1.99. The lowest BCUT2D eigenvalue weighted by Crippen LogP contribution is -2.41. The molecule has 1 aromatic carbocycles. The molecule has 1 aliphatic rings. The molecule has 1 aliphatic carbocycles. The van der Waals surface area contributed by atoms with Crippen LogP contribution in [-0.4, -0.2) is 17.3 Å². The summed E-state index contributed by atoms with van der Waals surface area (Å²) in [5.41, 5.74) is 7.79. The van der Waals surface area contributed by atoms with Crippen molar-refractivity contribution in [2.75, 3.05) is 5.73 Å². The molecule has 2 atom stereocenters. The molecule has 0 heterocycles. The summed E-state index contributed by atoms with van der Waals surface area (Å²) >= 11 is 6.92. The molecule has 100 valence electrons. The number of anilines is 1. The average molecular weight is 378 g/mol. The lowest BCUT2D eigenvalue weighted by Gasteiger charge is -2.28. The van der Waals surface area contributed by atoms with Crippen LogP contribution in [0.2, 0.25) is 0 Å². The first-order valence-corrected chi connectivity index (χ1v) is 7.82. The number of nitrogen functional groups attached to an aromatic ring is 1. The van der Waals surface area contributed by atoms with Crippen LogP contribution < -0.4 is 11.1 Å². The molecule has 0 amide bonds. The van der Waals surface area contributed by atoms with Gasteiger partial charge in [0.2, 0.25) is 0 Å². The molecule has 0 bridgehead atoms. The van der Waals surface area contributed by atoms with Gasteiger partial charge in [0.05, 0.1) is 11.8 Å². The second-order valence-electron chi connectivity index (χ2n) is 4.77. The van der Waals surface area contributed by atoms with Crippen molar-refractivity contribution in [3.8, 4) is 0 Å². The van der Waals surface area contributed by atoms with Crippen LogP contribution in [-0.2, 0) is 6.54 Å². The number of benzene rings is 1. The monoisotopic (exact) mass is 376 g/mol. The van der Waals surface area contributed by atoms with Crippen LogP contribution in [0.3, 0.4) is 0 Å². The zero-order valence-electron chi connectivity index (χ0n) is 10.1. The highest BCUT2D eigenvalue weighted by molar-refractivity contribution is 9.11. The number of aliphatic hydroxyl groups is 1. The van der Waals surface area contributed by atoms with E-state index in [2.05, 4.69) is 37.2 Å². The first kappa shape index (κ1) is 14.3. The maximum Gasteiger partial charge on any atom is 0.0693 e. The molecule has 1 fully saturated rings. The first-order chi connectivity index (χ1) is 8.59. The highest BCUT2D eigenvalue weighted by atomic mass is 79.9. The summed E-state index contributed by atoms with van der Waals surface area (Å²) in [6.45, 7) is 0.722. The van der Waals surface area contributed by atoms with E-state index in [1.807, 2.05) is 12.1 Å². The van der Waals surface area contributed by atoms with Crippen LogP contribution in [0.4, 0.5) is 5.69 Å². The molecule has 0 radical (unpaired) electrons. The van der Waals surface area contributed by atoms with Gasteiger partial charge in [0.25, 0.3) is 0 Å². The van der Waals surface area contributed by atoms with Crippen molar-refractivity contribution in [3.63, 3.8) is 0 Å². The molecule has 2 unspecified atom stereocenters. The Bertz CT molecular complexity index is 426. The van der Waals surface area contributed by atoms with Gasteiger partial charge in [-0.2, -0.15) is 0 Å². The molecule has 4 N–H and O–H groups in total. The third kappa shape index (κ3) is 3.26. The van der Waals surface area contributed by atoms with E-state index in [0.29, 0.717) is 0 Å². The summed E-state index contributed by atoms with van der Waals surface area (Å²) in [4.78, 5) is 0. The predicted molar refractivity (Wildman–Crippen MR) is 81.4 cm³/mol. The number of rotatable bonds is 3. The summed E-state index contributed by atoms with van der Waals surface area (Å²) < 4.78 is 1.82. The van der Waals surface area contributed by atoms with Crippen molar-refractivity contribution in [3.05, 3.63) is 26.6 Å². The number of nitrogens with two attached hydrogens (primary N) is 1. The van der Waals surface area contributed by atoms with Gasteiger partial charge in [-0.1, -0.05) is 18.9 Å². The number of nitrogens with one attached hydrogen (secondary N) is 1. The van der Waals surface area contributed by atoms with E-state index in [1.54, 1.807) is 0 Å². The van der Waals surface area contributed by atoms with E-state index in [9.17, 15) is 5.11 Å². The largest absolute Gasteiger partial charge is 0.397 e. The zero-order valence-corrected chi connectivity index (χ0v) is 13.3. The molecule has 18 heavy (non-hydrogen) atoms. The van der Waals surface area contributed by atoms with Gasteiger partial charge < -0.3 is 16.2 Å². The Morgan fingerprint density at radius 3 is 2.72 bits per heavy atom. The average Bonchev–Trinajstić information content (AvgIpc) is 2.37. The Hall–Kier alpha value is -0.100. The molecule has 0 aliphatic heterocycles. The smallest absolute Gasteiger partial charge is 0.0693 e. The third-order valence-corrected chi connectivity index (χ3v) is 5.12. The molecule has 5 heteroatoms. The molecule has 3 nitrogen and oxygen atoms in total. The summed E-state index contributed by atoms with van der Waals surface area (Å²) in [7, 11) is 0. The van der Waals surface area contributed by atoms with E-state index in [4.69, 9.17) is 5.73 Å². The predicted octanol–water partition coefficient (Wildman–Crippen LogP) is 3.19. The quantitative estimate of drug-likeness (QED) is 0.709. The molecule has 2 rings (SSSR count). The maximum atomic E-state index is 9.91. The van der Waals surface area contributed by atoms with Gasteiger partial charge >= 0.3 is 0 Å². The summed E-state index contributed by atoms with van der Waals surface area (Å²) in [5.74, 6) is 0. The van der Waals surface area contributed by atoms with E-state index in [0.717, 1.165) is 46.0 Å². The van der Waals surface area contributed by atoms with Gasteiger partial charge in [0.15, 0.2) is 0 Å². The van der Waals surface area contributed by atoms with Crippen molar-refractivity contribution in [1.29, 1.82) is 0 Å². The van der Waals surface area contributed by atoms with Crippen molar-refractivity contribution in [1.82, 2.24) is 5.32 Å². The SMILES string of the molecule is Nc1c(Br)ccc(CNC2CCCCC2O)c1Br. The fourth-order valence-corrected chi connectivity index (χ4v) is 3.42. The van der Waals surface area contributed by atoms with Gasteiger partial charge in [0, 0.05) is 21.5 Å². The normalized spacial score (nSPS) is 24.2. The number of halogens is 2.